The van der Waals surface area contributed by atoms with Crippen molar-refractivity contribution in [3.8, 4) is 0 Å². The van der Waals surface area contributed by atoms with Gasteiger partial charge in [-0.3, -0.25) is 14.4 Å². The highest BCUT2D eigenvalue weighted by Gasteiger charge is 2.61. The summed E-state index contributed by atoms with van der Waals surface area (Å²) in [4.78, 5) is 32.7. The zero-order chi connectivity index (χ0) is 27.5. The van der Waals surface area contributed by atoms with Gasteiger partial charge >= 0.3 is 11.9 Å². The largest absolute Gasteiger partial charge is 0.481 e. The van der Waals surface area contributed by atoms with Crippen LogP contribution in [0.1, 0.15) is 112 Å². The first kappa shape index (κ1) is 29.9. The lowest BCUT2D eigenvalue weighted by molar-refractivity contribution is -0.143. The van der Waals surface area contributed by atoms with Crippen LogP contribution >= 0.6 is 0 Å². The van der Waals surface area contributed by atoms with E-state index >= 15 is 0 Å². The molecule has 0 aromatic heterocycles. The van der Waals surface area contributed by atoms with Gasteiger partial charge in [0.05, 0.1) is 18.9 Å². The second kappa shape index (κ2) is 12.0. The second-order valence-electron chi connectivity index (χ2n) is 13.4. The Morgan fingerprint density at radius 2 is 1.59 bits per heavy atom. The molecule has 8 atom stereocenters. The minimum absolute atomic E-state index is 0.153. The van der Waals surface area contributed by atoms with Crippen LogP contribution in [0.15, 0.2) is 11.6 Å². The number of ketones is 1. The van der Waals surface area contributed by atoms with Gasteiger partial charge in [0.1, 0.15) is 0 Å². The van der Waals surface area contributed by atoms with E-state index in [4.69, 9.17) is 10.2 Å². The van der Waals surface area contributed by atoms with Crippen molar-refractivity contribution in [2.45, 2.75) is 118 Å². The Labute approximate surface area is 223 Å². The molecule has 0 radical (unpaired) electrons. The van der Waals surface area contributed by atoms with Gasteiger partial charge in [0, 0.05) is 5.92 Å². The summed E-state index contributed by atoms with van der Waals surface area (Å²) in [7, 11) is 0. The normalized spacial score (nSPS) is 37.4. The summed E-state index contributed by atoms with van der Waals surface area (Å²) in [5.74, 6) is 1.96. The molecule has 210 valence electrons. The lowest BCUT2D eigenvalue weighted by Crippen LogP contribution is -2.53. The first-order valence-electron chi connectivity index (χ1n) is 14.7. The fraction of sp³-hybridized carbons (Fsp3) is 0.839. The number of aliphatic hydroxyl groups excluding tert-OH is 1. The molecule has 0 heterocycles. The summed E-state index contributed by atoms with van der Waals surface area (Å²) in [5.41, 5.74) is 1.77. The van der Waals surface area contributed by atoms with Crippen molar-refractivity contribution < 1.29 is 29.7 Å². The van der Waals surface area contributed by atoms with Crippen LogP contribution in [0.5, 0.6) is 0 Å². The van der Waals surface area contributed by atoms with Crippen LogP contribution in [0.2, 0.25) is 0 Å². The molecule has 3 fully saturated rings. The van der Waals surface area contributed by atoms with Crippen molar-refractivity contribution in [3.63, 3.8) is 0 Å². The van der Waals surface area contributed by atoms with Crippen LogP contribution in [0, 0.1) is 46.3 Å². The Morgan fingerprint density at radius 1 is 0.946 bits per heavy atom. The summed E-state index contributed by atoms with van der Waals surface area (Å²) < 4.78 is 0. The van der Waals surface area contributed by atoms with Crippen molar-refractivity contribution >= 4 is 17.7 Å². The molecule has 4 rings (SSSR count). The number of carbonyl (C=O) groups excluding carboxylic acids is 1. The van der Waals surface area contributed by atoms with Crippen LogP contribution in [0.25, 0.3) is 0 Å². The number of aliphatic hydroxyl groups is 1. The molecular formula is C31H50O6. The number of hydrogen-bond acceptors (Lipinski definition) is 4. The van der Waals surface area contributed by atoms with Crippen LogP contribution in [-0.4, -0.2) is 39.1 Å². The lowest BCUT2D eigenvalue weighted by atomic mass is 9.46. The maximum atomic E-state index is 13.4. The predicted octanol–water partition coefficient (Wildman–Crippen LogP) is 6.50. The highest BCUT2D eigenvalue weighted by molar-refractivity contribution is 5.94. The number of carboxylic acids is 2. The highest BCUT2D eigenvalue weighted by atomic mass is 16.4. The van der Waals surface area contributed by atoms with Crippen molar-refractivity contribution in [3.05, 3.63) is 11.6 Å². The first-order chi connectivity index (χ1) is 17.3. The van der Waals surface area contributed by atoms with E-state index in [-0.39, 0.29) is 30.3 Å². The molecule has 4 aliphatic carbocycles. The van der Waals surface area contributed by atoms with E-state index in [1.54, 1.807) is 0 Å². The molecule has 0 amide bonds. The molecule has 3 saturated carbocycles. The van der Waals surface area contributed by atoms with E-state index in [2.05, 4.69) is 34.6 Å². The van der Waals surface area contributed by atoms with E-state index in [0.29, 0.717) is 23.0 Å². The number of fused-ring (bicyclic) bond motifs is 5. The standard InChI is InChI=1S/C27H44O2.C4H6O4/c1-17(2)7-6-8-18(3)21-9-10-22-25-23(12-14-27(21,22)5)26(4)13-11-20(28)15-19(26)16-24(25)29;5-3(6)1-2-4(7)8/h16-18,20-23,25,28H,6-15H2,1-5H3;1-2H2,(H,5,6)(H,7,8)/t18-,20+,21-,22+,23+,25+,26+,27-;/m1./s1. The average molecular weight is 519 g/mol. The average Bonchev–Trinajstić information content (AvgIpc) is 3.16. The number of aliphatic carboxylic acids is 2. The van der Waals surface area contributed by atoms with Crippen LogP contribution in [0.3, 0.4) is 0 Å². The maximum Gasteiger partial charge on any atom is 0.303 e. The van der Waals surface area contributed by atoms with Crippen molar-refractivity contribution in [2.75, 3.05) is 0 Å². The fourth-order valence-electron chi connectivity index (χ4n) is 8.62. The first-order valence-corrected chi connectivity index (χ1v) is 14.7. The summed E-state index contributed by atoms with van der Waals surface area (Å²) in [6, 6.07) is 0. The minimum atomic E-state index is -1.08. The monoisotopic (exact) mass is 518 g/mol. The van der Waals surface area contributed by atoms with Gasteiger partial charge in [0.25, 0.3) is 0 Å². The quantitative estimate of drug-likeness (QED) is 0.338. The number of allylic oxidation sites excluding steroid dienone is 1. The maximum absolute atomic E-state index is 13.4. The lowest BCUT2D eigenvalue weighted by Gasteiger charge is -2.57. The predicted molar refractivity (Wildman–Crippen MR) is 144 cm³/mol. The zero-order valence-electron chi connectivity index (χ0n) is 23.7. The molecule has 0 saturated heterocycles. The Hall–Kier alpha value is -1.69. The molecular weight excluding hydrogens is 468 g/mol. The van der Waals surface area contributed by atoms with Crippen molar-refractivity contribution in [1.29, 1.82) is 0 Å². The summed E-state index contributed by atoms with van der Waals surface area (Å²) in [6.07, 6.45) is 13.0. The van der Waals surface area contributed by atoms with E-state index in [1.165, 1.54) is 50.5 Å². The molecule has 6 nitrogen and oxygen atoms in total. The van der Waals surface area contributed by atoms with E-state index < -0.39 is 11.9 Å². The smallest absolute Gasteiger partial charge is 0.303 e. The number of carboxylic acid groups (broad SMARTS) is 2. The minimum Gasteiger partial charge on any atom is -0.481 e. The van der Waals surface area contributed by atoms with Gasteiger partial charge in [-0.1, -0.05) is 59.5 Å². The number of rotatable bonds is 8. The molecule has 37 heavy (non-hydrogen) atoms. The molecule has 0 bridgehead atoms. The van der Waals surface area contributed by atoms with Crippen molar-refractivity contribution in [2.24, 2.45) is 46.3 Å². The van der Waals surface area contributed by atoms with Gasteiger partial charge in [0.2, 0.25) is 0 Å². The molecule has 0 spiro atoms. The van der Waals surface area contributed by atoms with Gasteiger partial charge in [-0.05, 0) is 91.4 Å². The topological polar surface area (TPSA) is 112 Å². The third-order valence-corrected chi connectivity index (χ3v) is 10.7. The SMILES string of the molecule is CC(C)CCC[C@@H](C)[C@H]1CC[C@H]2[C@@H]3C(=O)C=C4C[C@@H](O)CC[C@]4(C)[C@H]3CC[C@]12C.O=C(O)CCC(=O)O. The second-order valence-corrected chi connectivity index (χ2v) is 13.4. The van der Waals surface area contributed by atoms with Gasteiger partial charge < -0.3 is 15.3 Å². The Bertz CT molecular complexity index is 863. The molecule has 0 unspecified atom stereocenters. The molecule has 0 aromatic rings. The number of hydrogen-bond donors (Lipinski definition) is 3. The van der Waals surface area contributed by atoms with E-state index in [1.807, 2.05) is 6.08 Å². The van der Waals surface area contributed by atoms with Crippen molar-refractivity contribution in [1.82, 2.24) is 0 Å². The van der Waals surface area contributed by atoms with Gasteiger partial charge in [-0.2, -0.15) is 0 Å². The molecule has 0 aromatic carbocycles. The van der Waals surface area contributed by atoms with Gasteiger partial charge in [0.15, 0.2) is 5.78 Å². The number of carbonyl (C=O) groups is 3. The van der Waals surface area contributed by atoms with Gasteiger partial charge in [-0.25, -0.2) is 0 Å². The third-order valence-electron chi connectivity index (χ3n) is 10.7. The fourth-order valence-corrected chi connectivity index (χ4v) is 8.62. The van der Waals surface area contributed by atoms with Gasteiger partial charge in [-0.15, -0.1) is 0 Å². The highest BCUT2D eigenvalue weighted by Crippen LogP contribution is 2.66. The van der Waals surface area contributed by atoms with Crippen LogP contribution < -0.4 is 0 Å². The summed E-state index contributed by atoms with van der Waals surface area (Å²) in [5, 5.41) is 26.0. The summed E-state index contributed by atoms with van der Waals surface area (Å²) >= 11 is 0. The molecule has 3 N–H and O–H groups in total. The van der Waals surface area contributed by atoms with E-state index in [0.717, 1.165) is 37.0 Å². The van der Waals surface area contributed by atoms with Crippen LogP contribution in [-0.2, 0) is 14.4 Å². The molecule has 6 heteroatoms. The van der Waals surface area contributed by atoms with Crippen LogP contribution in [0.4, 0.5) is 0 Å². The zero-order valence-corrected chi connectivity index (χ0v) is 23.7. The van der Waals surface area contributed by atoms with E-state index in [9.17, 15) is 19.5 Å². The Kier molecular flexibility index (Phi) is 9.69. The summed E-state index contributed by atoms with van der Waals surface area (Å²) in [6.45, 7) is 12.1. The molecule has 4 aliphatic rings. The Morgan fingerprint density at radius 3 is 2.19 bits per heavy atom. The Balaban J connectivity index is 0.000000414. The third kappa shape index (κ3) is 6.49. The molecule has 0 aliphatic heterocycles.